The normalized spacial score (nSPS) is 22.1. The lowest BCUT2D eigenvalue weighted by atomic mass is 10.3. The second kappa shape index (κ2) is 11.8. The molecule has 1 aliphatic heterocycles. The largest absolute Gasteiger partial charge is 0.465 e. The Labute approximate surface area is 135 Å². The van der Waals surface area contributed by atoms with Gasteiger partial charge in [-0.25, -0.2) is 0 Å². The molecule has 0 atom stereocenters. The minimum atomic E-state index is -0.112. The summed E-state index contributed by atoms with van der Waals surface area (Å²) >= 11 is 0. The fraction of sp³-hybridized carbons (Fsp3) is 0.938. The number of carbonyl (C=O) groups is 1. The van der Waals surface area contributed by atoms with Crippen molar-refractivity contribution in [2.45, 2.75) is 19.8 Å². The van der Waals surface area contributed by atoms with Crippen LogP contribution in [-0.2, 0) is 9.53 Å². The highest BCUT2D eigenvalue weighted by Gasteiger charge is 2.12. The Morgan fingerprint density at radius 2 is 1.64 bits per heavy atom. The maximum Gasteiger partial charge on any atom is 0.320 e. The van der Waals surface area contributed by atoms with E-state index in [1.165, 1.54) is 0 Å². The molecule has 130 valence electrons. The van der Waals surface area contributed by atoms with E-state index in [2.05, 4.69) is 34.1 Å². The predicted molar refractivity (Wildman–Crippen MR) is 90.2 cm³/mol. The second-order valence-electron chi connectivity index (χ2n) is 6.14. The molecule has 0 saturated carbocycles. The third kappa shape index (κ3) is 9.35. The Kier molecular flexibility index (Phi) is 10.4. The fourth-order valence-electron chi connectivity index (χ4n) is 2.62. The van der Waals surface area contributed by atoms with Crippen molar-refractivity contribution in [3.8, 4) is 0 Å². The first-order chi connectivity index (χ1) is 10.6. The van der Waals surface area contributed by atoms with Gasteiger partial charge in [-0.3, -0.25) is 9.69 Å². The van der Waals surface area contributed by atoms with Crippen molar-refractivity contribution in [3.05, 3.63) is 0 Å². The molecule has 0 unspecified atom stereocenters. The van der Waals surface area contributed by atoms with Gasteiger partial charge < -0.3 is 19.9 Å². The fourth-order valence-corrected chi connectivity index (χ4v) is 2.62. The van der Waals surface area contributed by atoms with Gasteiger partial charge in [0.1, 0.15) is 0 Å². The average Bonchev–Trinajstić information content (AvgIpc) is 2.47. The van der Waals surface area contributed by atoms with Gasteiger partial charge in [0.2, 0.25) is 0 Å². The Morgan fingerprint density at radius 3 is 2.32 bits per heavy atom. The zero-order valence-electron chi connectivity index (χ0n) is 14.6. The van der Waals surface area contributed by atoms with Crippen molar-refractivity contribution in [2.24, 2.45) is 0 Å². The average molecular weight is 314 g/mol. The Balaban J connectivity index is 2.42. The molecule has 1 fully saturated rings. The smallest absolute Gasteiger partial charge is 0.320 e. The number of carbonyl (C=O) groups excluding carboxylic acids is 1. The van der Waals surface area contributed by atoms with E-state index in [4.69, 9.17) is 4.74 Å². The van der Waals surface area contributed by atoms with Crippen LogP contribution in [0.15, 0.2) is 0 Å². The van der Waals surface area contributed by atoms with Crippen LogP contribution in [-0.4, -0.2) is 100 Å². The number of rotatable bonds is 3. The van der Waals surface area contributed by atoms with E-state index in [0.717, 1.165) is 65.2 Å². The summed E-state index contributed by atoms with van der Waals surface area (Å²) in [5, 5.41) is 3.47. The summed E-state index contributed by atoms with van der Waals surface area (Å²) in [5.41, 5.74) is 0. The first-order valence-electron chi connectivity index (χ1n) is 8.57. The van der Waals surface area contributed by atoms with Crippen LogP contribution in [0, 0.1) is 0 Å². The molecule has 0 amide bonds. The van der Waals surface area contributed by atoms with Gasteiger partial charge in [0.15, 0.2) is 0 Å². The summed E-state index contributed by atoms with van der Waals surface area (Å²) in [6.45, 7) is 10.9. The van der Waals surface area contributed by atoms with E-state index in [0.29, 0.717) is 13.2 Å². The number of esters is 1. The Morgan fingerprint density at radius 1 is 0.955 bits per heavy atom. The van der Waals surface area contributed by atoms with Crippen LogP contribution in [0.5, 0.6) is 0 Å². The number of likely N-dealkylation sites (N-methyl/N-ethyl adjacent to an activating group) is 2. The molecule has 0 spiro atoms. The summed E-state index contributed by atoms with van der Waals surface area (Å²) in [7, 11) is 4.37. The molecule has 0 aromatic carbocycles. The van der Waals surface area contributed by atoms with Gasteiger partial charge in [-0.05, 0) is 53.5 Å². The quantitative estimate of drug-likeness (QED) is 0.746. The molecule has 0 radical (unpaired) electrons. The number of nitrogens with zero attached hydrogens (tertiary/aromatic N) is 3. The summed E-state index contributed by atoms with van der Waals surface area (Å²) in [6.07, 6.45) is 2.25. The molecular formula is C16H34N4O2. The molecule has 0 aliphatic carbocycles. The van der Waals surface area contributed by atoms with Crippen molar-refractivity contribution < 1.29 is 9.53 Å². The summed E-state index contributed by atoms with van der Waals surface area (Å²) in [4.78, 5) is 18.7. The van der Waals surface area contributed by atoms with Crippen molar-refractivity contribution in [2.75, 3.05) is 79.6 Å². The van der Waals surface area contributed by atoms with Gasteiger partial charge in [-0.1, -0.05) is 0 Å². The second-order valence-corrected chi connectivity index (χ2v) is 6.14. The van der Waals surface area contributed by atoms with Crippen LogP contribution in [0.25, 0.3) is 0 Å². The van der Waals surface area contributed by atoms with Gasteiger partial charge in [0.05, 0.1) is 13.2 Å². The van der Waals surface area contributed by atoms with Gasteiger partial charge in [-0.15, -0.1) is 0 Å². The molecule has 6 heteroatoms. The molecule has 1 rings (SSSR count). The molecule has 1 heterocycles. The highest BCUT2D eigenvalue weighted by atomic mass is 16.5. The van der Waals surface area contributed by atoms with Crippen LogP contribution < -0.4 is 5.32 Å². The third-order valence-corrected chi connectivity index (χ3v) is 4.03. The molecule has 6 nitrogen and oxygen atoms in total. The standard InChI is InChI=1S/C16H34N4O2/c1-4-22-16(21)15-20-11-6-10-19(3)14-13-18(2)9-5-7-17-8-12-20/h17H,4-15H2,1-3H3. The SMILES string of the molecule is CCOC(=O)CN1CCCN(C)CCN(C)CCCNCC1. The maximum atomic E-state index is 11.7. The summed E-state index contributed by atoms with van der Waals surface area (Å²) in [6, 6.07) is 0. The van der Waals surface area contributed by atoms with Crippen molar-refractivity contribution in [1.82, 2.24) is 20.0 Å². The van der Waals surface area contributed by atoms with Gasteiger partial charge in [-0.2, -0.15) is 0 Å². The van der Waals surface area contributed by atoms with Crippen LogP contribution in [0.2, 0.25) is 0 Å². The molecule has 0 bridgehead atoms. The molecule has 22 heavy (non-hydrogen) atoms. The van der Waals surface area contributed by atoms with Crippen molar-refractivity contribution >= 4 is 5.97 Å². The monoisotopic (exact) mass is 314 g/mol. The third-order valence-electron chi connectivity index (χ3n) is 4.03. The van der Waals surface area contributed by atoms with Gasteiger partial charge in [0, 0.05) is 32.7 Å². The molecule has 1 N–H and O–H groups in total. The lowest BCUT2D eigenvalue weighted by Crippen LogP contribution is -2.40. The molecule has 1 aliphatic rings. The lowest BCUT2D eigenvalue weighted by Gasteiger charge is -2.26. The Bertz CT molecular complexity index is 302. The number of hydrogen-bond acceptors (Lipinski definition) is 6. The molecule has 1 saturated heterocycles. The maximum absolute atomic E-state index is 11.7. The molecular weight excluding hydrogens is 280 g/mol. The molecule has 0 aromatic rings. The minimum absolute atomic E-state index is 0.112. The topological polar surface area (TPSA) is 48.1 Å². The zero-order valence-corrected chi connectivity index (χ0v) is 14.6. The predicted octanol–water partition coefficient (Wildman–Crippen LogP) is 0.0985. The summed E-state index contributed by atoms with van der Waals surface area (Å²) < 4.78 is 5.07. The summed E-state index contributed by atoms with van der Waals surface area (Å²) in [5.74, 6) is -0.112. The van der Waals surface area contributed by atoms with Crippen LogP contribution in [0.3, 0.4) is 0 Å². The number of ether oxygens (including phenoxy) is 1. The zero-order chi connectivity index (χ0) is 16.2. The number of hydrogen-bond donors (Lipinski definition) is 1. The first kappa shape index (κ1) is 19.4. The van der Waals surface area contributed by atoms with Crippen LogP contribution in [0.4, 0.5) is 0 Å². The highest BCUT2D eigenvalue weighted by Crippen LogP contribution is 1.97. The van der Waals surface area contributed by atoms with Gasteiger partial charge >= 0.3 is 5.97 Å². The van der Waals surface area contributed by atoms with Crippen LogP contribution in [0.1, 0.15) is 19.8 Å². The number of nitrogens with one attached hydrogen (secondary N) is 1. The minimum Gasteiger partial charge on any atom is -0.465 e. The van der Waals surface area contributed by atoms with E-state index in [-0.39, 0.29) is 5.97 Å². The van der Waals surface area contributed by atoms with Crippen molar-refractivity contribution in [1.29, 1.82) is 0 Å². The first-order valence-corrected chi connectivity index (χ1v) is 8.57. The highest BCUT2D eigenvalue weighted by molar-refractivity contribution is 5.71. The Hall–Kier alpha value is -0.690. The van der Waals surface area contributed by atoms with E-state index < -0.39 is 0 Å². The van der Waals surface area contributed by atoms with E-state index in [1.807, 2.05) is 6.92 Å². The van der Waals surface area contributed by atoms with Gasteiger partial charge in [0.25, 0.3) is 0 Å². The van der Waals surface area contributed by atoms with E-state index >= 15 is 0 Å². The lowest BCUT2D eigenvalue weighted by molar-refractivity contribution is -0.144. The van der Waals surface area contributed by atoms with Crippen molar-refractivity contribution in [3.63, 3.8) is 0 Å². The van der Waals surface area contributed by atoms with E-state index in [1.54, 1.807) is 0 Å². The van der Waals surface area contributed by atoms with E-state index in [9.17, 15) is 4.79 Å². The molecule has 0 aromatic heterocycles. The van der Waals surface area contributed by atoms with Crippen LogP contribution >= 0.6 is 0 Å².